The smallest absolute Gasteiger partial charge is 0.0371 e. The van der Waals surface area contributed by atoms with Crippen molar-refractivity contribution in [3.8, 4) is 0 Å². The van der Waals surface area contributed by atoms with Gasteiger partial charge in [-0.2, -0.15) is 0 Å². The second kappa shape index (κ2) is 6.46. The molecule has 2 heterocycles. The lowest BCUT2D eigenvalue weighted by molar-refractivity contribution is 0.161. The van der Waals surface area contributed by atoms with Gasteiger partial charge in [-0.25, -0.2) is 0 Å². The minimum atomic E-state index is 0.770. The molecule has 1 unspecified atom stereocenters. The Balaban J connectivity index is 1.57. The van der Waals surface area contributed by atoms with Gasteiger partial charge in [0.2, 0.25) is 0 Å². The molecule has 110 valence electrons. The van der Waals surface area contributed by atoms with Crippen molar-refractivity contribution in [3.63, 3.8) is 0 Å². The summed E-state index contributed by atoms with van der Waals surface area (Å²) in [5.41, 5.74) is 8.27. The first kappa shape index (κ1) is 14.4. The Morgan fingerprint density at radius 1 is 1.15 bits per heavy atom. The number of nitrogen functional groups attached to an aromatic ring is 1. The lowest BCUT2D eigenvalue weighted by Crippen LogP contribution is -2.40. The van der Waals surface area contributed by atoms with E-state index in [0.29, 0.717) is 0 Å². The van der Waals surface area contributed by atoms with E-state index in [2.05, 4.69) is 37.9 Å². The number of hydrogen-bond donors (Lipinski definition) is 1. The molecule has 1 atom stereocenters. The minimum Gasteiger partial charge on any atom is -0.398 e. The first-order valence-electron chi connectivity index (χ1n) is 7.73. The largest absolute Gasteiger partial charge is 0.398 e. The zero-order valence-electron chi connectivity index (χ0n) is 12.0. The van der Waals surface area contributed by atoms with E-state index >= 15 is 0 Å². The van der Waals surface area contributed by atoms with Gasteiger partial charge in [0.25, 0.3) is 0 Å². The van der Waals surface area contributed by atoms with Crippen molar-refractivity contribution in [2.24, 2.45) is 0 Å². The van der Waals surface area contributed by atoms with Crippen LogP contribution >= 0.6 is 15.9 Å². The number of likely N-dealkylation sites (tertiary alicyclic amines) is 2. The van der Waals surface area contributed by atoms with E-state index in [1.54, 1.807) is 0 Å². The number of anilines is 1. The van der Waals surface area contributed by atoms with Gasteiger partial charge < -0.3 is 5.73 Å². The molecule has 4 heteroatoms. The summed E-state index contributed by atoms with van der Waals surface area (Å²) in [4.78, 5) is 5.26. The van der Waals surface area contributed by atoms with Crippen molar-refractivity contribution in [1.29, 1.82) is 0 Å². The van der Waals surface area contributed by atoms with Gasteiger partial charge >= 0.3 is 0 Å². The van der Waals surface area contributed by atoms with Crippen LogP contribution in [0.25, 0.3) is 0 Å². The van der Waals surface area contributed by atoms with Crippen LogP contribution in [-0.2, 0) is 6.54 Å². The molecule has 2 saturated heterocycles. The molecule has 1 aromatic rings. The van der Waals surface area contributed by atoms with Crippen LogP contribution in [0.2, 0.25) is 0 Å². The van der Waals surface area contributed by atoms with Gasteiger partial charge in [-0.1, -0.05) is 28.4 Å². The molecule has 3 rings (SSSR count). The molecule has 0 radical (unpaired) electrons. The molecule has 2 aliphatic heterocycles. The molecule has 0 bridgehead atoms. The van der Waals surface area contributed by atoms with Crippen molar-refractivity contribution in [2.75, 3.05) is 31.9 Å². The number of piperidine rings is 1. The first-order valence-corrected chi connectivity index (χ1v) is 8.52. The Kier molecular flexibility index (Phi) is 4.64. The van der Waals surface area contributed by atoms with Crippen molar-refractivity contribution in [1.82, 2.24) is 9.80 Å². The molecule has 1 aromatic carbocycles. The molecule has 2 aliphatic rings. The fourth-order valence-electron chi connectivity index (χ4n) is 3.49. The van der Waals surface area contributed by atoms with E-state index in [-0.39, 0.29) is 0 Å². The standard InChI is InChI=1S/C16H24BrN3/c17-14-5-4-13(16(18)10-14)11-19-9-6-15(12-19)20-7-2-1-3-8-20/h4-5,10,15H,1-3,6-9,11-12,18H2. The van der Waals surface area contributed by atoms with Crippen molar-refractivity contribution in [3.05, 3.63) is 28.2 Å². The van der Waals surface area contributed by atoms with Gasteiger partial charge in [0, 0.05) is 35.8 Å². The number of nitrogens with zero attached hydrogens (tertiary/aromatic N) is 2. The van der Waals surface area contributed by atoms with E-state index in [1.807, 2.05) is 6.07 Å². The summed E-state index contributed by atoms with van der Waals surface area (Å²) in [5, 5.41) is 0. The Hall–Kier alpha value is -0.580. The number of rotatable bonds is 3. The molecular formula is C16H24BrN3. The van der Waals surface area contributed by atoms with Crippen LogP contribution in [-0.4, -0.2) is 42.0 Å². The molecule has 2 fully saturated rings. The summed E-state index contributed by atoms with van der Waals surface area (Å²) in [6.45, 7) is 6.01. The molecule has 0 aromatic heterocycles. The summed E-state index contributed by atoms with van der Waals surface area (Å²) in [6.07, 6.45) is 5.51. The molecule has 0 spiro atoms. The molecule has 0 amide bonds. The number of halogens is 1. The zero-order valence-corrected chi connectivity index (χ0v) is 13.6. The second-order valence-corrected chi connectivity index (χ2v) is 7.03. The molecule has 2 N–H and O–H groups in total. The van der Waals surface area contributed by atoms with E-state index in [0.717, 1.165) is 22.7 Å². The topological polar surface area (TPSA) is 32.5 Å². The van der Waals surface area contributed by atoms with Crippen LogP contribution in [0.15, 0.2) is 22.7 Å². The Labute approximate surface area is 130 Å². The van der Waals surface area contributed by atoms with Crippen LogP contribution in [0.3, 0.4) is 0 Å². The molecule has 20 heavy (non-hydrogen) atoms. The van der Waals surface area contributed by atoms with Crippen LogP contribution in [0.5, 0.6) is 0 Å². The quantitative estimate of drug-likeness (QED) is 0.860. The fourth-order valence-corrected chi connectivity index (χ4v) is 3.87. The third-order valence-corrected chi connectivity index (χ3v) is 5.15. The Morgan fingerprint density at radius 3 is 2.70 bits per heavy atom. The van der Waals surface area contributed by atoms with Crippen molar-refractivity contribution >= 4 is 21.6 Å². The maximum absolute atomic E-state index is 6.11. The highest BCUT2D eigenvalue weighted by Crippen LogP contribution is 2.24. The van der Waals surface area contributed by atoms with Gasteiger partial charge in [0.05, 0.1) is 0 Å². The number of hydrogen-bond acceptors (Lipinski definition) is 3. The molecular weight excluding hydrogens is 314 g/mol. The normalized spacial score (nSPS) is 25.1. The predicted octanol–water partition coefficient (Wildman–Crippen LogP) is 3.09. The van der Waals surface area contributed by atoms with Crippen LogP contribution < -0.4 is 5.73 Å². The number of nitrogens with two attached hydrogens (primary N) is 1. The Bertz CT molecular complexity index is 457. The van der Waals surface area contributed by atoms with Crippen molar-refractivity contribution < 1.29 is 0 Å². The minimum absolute atomic E-state index is 0.770. The summed E-state index contributed by atoms with van der Waals surface area (Å²) >= 11 is 3.47. The third kappa shape index (κ3) is 3.35. The summed E-state index contributed by atoms with van der Waals surface area (Å²) < 4.78 is 1.06. The average molecular weight is 338 g/mol. The monoisotopic (exact) mass is 337 g/mol. The van der Waals surface area contributed by atoms with E-state index in [9.17, 15) is 0 Å². The van der Waals surface area contributed by atoms with Gasteiger partial charge in [-0.3, -0.25) is 9.80 Å². The van der Waals surface area contributed by atoms with Crippen LogP contribution in [0.1, 0.15) is 31.2 Å². The maximum atomic E-state index is 6.11. The molecule has 0 saturated carbocycles. The highest BCUT2D eigenvalue weighted by Gasteiger charge is 2.28. The first-order chi connectivity index (χ1) is 9.72. The van der Waals surface area contributed by atoms with E-state index < -0.39 is 0 Å². The van der Waals surface area contributed by atoms with Crippen molar-refractivity contribution in [2.45, 2.75) is 38.3 Å². The Morgan fingerprint density at radius 2 is 1.95 bits per heavy atom. The lowest BCUT2D eigenvalue weighted by Gasteiger charge is -2.32. The van der Waals surface area contributed by atoms with Crippen LogP contribution in [0.4, 0.5) is 5.69 Å². The summed E-state index contributed by atoms with van der Waals surface area (Å²) in [6, 6.07) is 7.01. The predicted molar refractivity (Wildman–Crippen MR) is 87.7 cm³/mol. The molecule has 3 nitrogen and oxygen atoms in total. The van der Waals surface area contributed by atoms with Gasteiger partial charge in [0.1, 0.15) is 0 Å². The van der Waals surface area contributed by atoms with E-state index in [4.69, 9.17) is 5.73 Å². The van der Waals surface area contributed by atoms with Gasteiger partial charge in [0.15, 0.2) is 0 Å². The van der Waals surface area contributed by atoms with Gasteiger partial charge in [-0.05, 0) is 50.0 Å². The lowest BCUT2D eigenvalue weighted by atomic mass is 10.1. The SMILES string of the molecule is Nc1cc(Br)ccc1CN1CCC(N2CCCCC2)C1. The zero-order chi connectivity index (χ0) is 13.9. The van der Waals surface area contributed by atoms with Gasteiger partial charge in [-0.15, -0.1) is 0 Å². The summed E-state index contributed by atoms with van der Waals surface area (Å²) in [7, 11) is 0. The second-order valence-electron chi connectivity index (χ2n) is 6.12. The summed E-state index contributed by atoms with van der Waals surface area (Å²) in [5.74, 6) is 0. The highest BCUT2D eigenvalue weighted by atomic mass is 79.9. The fraction of sp³-hybridized carbons (Fsp3) is 0.625. The highest BCUT2D eigenvalue weighted by molar-refractivity contribution is 9.10. The van der Waals surface area contributed by atoms with Crippen LogP contribution in [0, 0.1) is 0 Å². The number of benzene rings is 1. The molecule has 0 aliphatic carbocycles. The maximum Gasteiger partial charge on any atom is 0.0371 e. The third-order valence-electron chi connectivity index (χ3n) is 4.66. The van der Waals surface area contributed by atoms with E-state index in [1.165, 1.54) is 57.4 Å². The average Bonchev–Trinajstić information content (AvgIpc) is 2.92.